The molecule has 0 saturated carbocycles. The van der Waals surface area contributed by atoms with Crippen molar-refractivity contribution in [3.8, 4) is 11.5 Å². The Balaban J connectivity index is 1.75. The van der Waals surface area contributed by atoms with Gasteiger partial charge in [-0.05, 0) is 49.6 Å². The van der Waals surface area contributed by atoms with Crippen LogP contribution < -0.4 is 9.47 Å². The molecule has 2 aromatic rings. The second-order valence-electron chi connectivity index (χ2n) is 8.23. The van der Waals surface area contributed by atoms with Crippen LogP contribution in [0.4, 0.5) is 4.79 Å². The van der Waals surface area contributed by atoms with Crippen molar-refractivity contribution in [1.82, 2.24) is 9.80 Å². The minimum absolute atomic E-state index is 0.192. The zero-order chi connectivity index (χ0) is 24.7. The largest absolute Gasteiger partial charge is 0.493 e. The first-order valence-electron chi connectivity index (χ1n) is 11.0. The number of hydrogen-bond acceptors (Lipinski definition) is 6. The topological polar surface area (TPSA) is 85.4 Å². The van der Waals surface area contributed by atoms with Gasteiger partial charge < -0.3 is 19.1 Å². The number of esters is 1. The normalized spacial score (nSPS) is 16.9. The van der Waals surface area contributed by atoms with E-state index in [2.05, 4.69) is 0 Å². The highest BCUT2D eigenvalue weighted by Crippen LogP contribution is 2.35. The average Bonchev–Trinajstić information content (AvgIpc) is 2.83. The molecule has 3 rings (SSSR count). The first-order chi connectivity index (χ1) is 16.3. The van der Waals surface area contributed by atoms with E-state index in [1.54, 1.807) is 48.2 Å². The number of methoxy groups -OCH3 is 2. The van der Waals surface area contributed by atoms with Gasteiger partial charge in [0, 0.05) is 31.1 Å². The molecule has 1 atom stereocenters. The Bertz CT molecular complexity index is 1030. The Kier molecular flexibility index (Phi) is 8.39. The van der Waals surface area contributed by atoms with Gasteiger partial charge in [0.2, 0.25) is 5.91 Å². The van der Waals surface area contributed by atoms with Crippen molar-refractivity contribution >= 4 is 29.6 Å². The molecule has 1 fully saturated rings. The molecule has 0 radical (unpaired) electrons. The molecule has 2 aromatic carbocycles. The van der Waals surface area contributed by atoms with Gasteiger partial charge in [-0.2, -0.15) is 0 Å². The molecule has 182 valence electrons. The second kappa shape index (κ2) is 11.2. The number of para-hydroxylation sites is 2. The molecule has 0 aliphatic carbocycles. The highest BCUT2D eigenvalue weighted by molar-refractivity contribution is 6.30. The molecular formula is C25H29ClN2O6. The van der Waals surface area contributed by atoms with Crippen molar-refractivity contribution in [3.63, 3.8) is 0 Å². The lowest BCUT2D eigenvalue weighted by atomic mass is 9.85. The predicted octanol–water partition coefficient (Wildman–Crippen LogP) is 4.29. The summed E-state index contributed by atoms with van der Waals surface area (Å²) in [5.41, 5.74) is -0.168. The number of carbonyl (C=O) groups is 3. The number of ether oxygens (including phenoxy) is 3. The standard InChI is InChI=1S/C25H29ClN2O6/c1-25(14-16-28(25)24(31)34-21-8-5-4-7-20(21)32-2)23(30)27(15-6-9-22(29)33-3)17-18-10-12-19(26)13-11-18/h4-5,7-8,10-13H,6,9,14-17H2,1-3H3. The molecule has 0 spiro atoms. The minimum atomic E-state index is -1.06. The van der Waals surface area contributed by atoms with Crippen LogP contribution in [0, 0.1) is 0 Å². The molecule has 1 saturated heterocycles. The Morgan fingerprint density at radius 1 is 1.06 bits per heavy atom. The summed E-state index contributed by atoms with van der Waals surface area (Å²) in [7, 11) is 2.83. The van der Waals surface area contributed by atoms with Gasteiger partial charge in [-0.15, -0.1) is 0 Å². The molecule has 0 bridgehead atoms. The summed E-state index contributed by atoms with van der Waals surface area (Å²) in [6.07, 6.45) is 0.513. The van der Waals surface area contributed by atoms with Gasteiger partial charge in [-0.1, -0.05) is 35.9 Å². The molecular weight excluding hydrogens is 460 g/mol. The summed E-state index contributed by atoms with van der Waals surface area (Å²) in [5.74, 6) is 0.163. The summed E-state index contributed by atoms with van der Waals surface area (Å²) >= 11 is 5.99. The first kappa shape index (κ1) is 25.4. The van der Waals surface area contributed by atoms with Crippen LogP contribution in [0.5, 0.6) is 11.5 Å². The molecule has 0 aromatic heterocycles. The molecule has 0 N–H and O–H groups in total. The molecule has 9 heteroatoms. The molecule has 1 unspecified atom stereocenters. The lowest BCUT2D eigenvalue weighted by Crippen LogP contribution is -2.68. The third-order valence-corrected chi connectivity index (χ3v) is 6.23. The number of halogens is 1. The van der Waals surface area contributed by atoms with Crippen molar-refractivity contribution in [2.24, 2.45) is 0 Å². The van der Waals surface area contributed by atoms with Crippen LogP contribution in [-0.2, 0) is 20.9 Å². The summed E-state index contributed by atoms with van der Waals surface area (Å²) in [5, 5.41) is 0.600. The summed E-state index contributed by atoms with van der Waals surface area (Å²) < 4.78 is 15.5. The lowest BCUT2D eigenvalue weighted by Gasteiger charge is -2.49. The van der Waals surface area contributed by atoms with Crippen molar-refractivity contribution in [3.05, 3.63) is 59.1 Å². The van der Waals surface area contributed by atoms with Crippen LogP contribution in [0.1, 0.15) is 31.7 Å². The van der Waals surface area contributed by atoms with Crippen LogP contribution in [0.25, 0.3) is 0 Å². The molecule has 1 heterocycles. The third kappa shape index (κ3) is 5.80. The van der Waals surface area contributed by atoms with Crippen LogP contribution >= 0.6 is 11.6 Å². The summed E-state index contributed by atoms with van der Waals surface area (Å²) in [6, 6.07) is 14.1. The average molecular weight is 489 g/mol. The van der Waals surface area contributed by atoms with Crippen LogP contribution in [0.3, 0.4) is 0 Å². The van der Waals surface area contributed by atoms with E-state index in [4.69, 9.17) is 25.8 Å². The van der Waals surface area contributed by atoms with Crippen molar-refractivity contribution < 1.29 is 28.6 Å². The fourth-order valence-electron chi connectivity index (χ4n) is 3.85. The smallest absolute Gasteiger partial charge is 0.416 e. The van der Waals surface area contributed by atoms with Gasteiger partial charge in [-0.3, -0.25) is 14.5 Å². The Labute approximate surface area is 204 Å². The Morgan fingerprint density at radius 3 is 2.32 bits per heavy atom. The van der Waals surface area contributed by atoms with E-state index in [-0.39, 0.29) is 24.0 Å². The van der Waals surface area contributed by atoms with Crippen LogP contribution in [0.2, 0.25) is 5.02 Å². The minimum Gasteiger partial charge on any atom is -0.493 e. The summed E-state index contributed by atoms with van der Waals surface area (Å²) in [6.45, 7) is 2.79. The maximum absolute atomic E-state index is 13.7. The van der Waals surface area contributed by atoms with Gasteiger partial charge in [-0.25, -0.2) is 4.79 Å². The highest BCUT2D eigenvalue weighted by Gasteiger charge is 2.52. The van der Waals surface area contributed by atoms with E-state index in [0.29, 0.717) is 43.2 Å². The van der Waals surface area contributed by atoms with Crippen molar-refractivity contribution in [2.45, 2.75) is 38.3 Å². The van der Waals surface area contributed by atoms with E-state index >= 15 is 0 Å². The molecule has 1 aliphatic rings. The van der Waals surface area contributed by atoms with Gasteiger partial charge in [0.05, 0.1) is 14.2 Å². The van der Waals surface area contributed by atoms with E-state index in [9.17, 15) is 14.4 Å². The van der Waals surface area contributed by atoms with E-state index in [0.717, 1.165) is 5.56 Å². The zero-order valence-corrected chi connectivity index (χ0v) is 20.3. The number of nitrogens with zero attached hydrogens (tertiary/aromatic N) is 2. The SMILES string of the molecule is COC(=O)CCCN(Cc1ccc(Cl)cc1)C(=O)C1(C)CCN1C(=O)Oc1ccccc1OC. The van der Waals surface area contributed by atoms with Gasteiger partial charge in [0.15, 0.2) is 11.5 Å². The van der Waals surface area contributed by atoms with E-state index < -0.39 is 11.6 Å². The second-order valence-corrected chi connectivity index (χ2v) is 8.66. The van der Waals surface area contributed by atoms with E-state index in [1.807, 2.05) is 12.1 Å². The number of likely N-dealkylation sites (tertiary alicyclic amines) is 1. The zero-order valence-electron chi connectivity index (χ0n) is 19.6. The fraction of sp³-hybridized carbons (Fsp3) is 0.400. The quantitative estimate of drug-likeness (QED) is 0.489. The van der Waals surface area contributed by atoms with Crippen LogP contribution in [-0.4, -0.2) is 60.6 Å². The Morgan fingerprint density at radius 2 is 1.74 bits per heavy atom. The number of amides is 2. The number of carbonyl (C=O) groups excluding carboxylic acids is 3. The maximum Gasteiger partial charge on any atom is 0.416 e. The highest BCUT2D eigenvalue weighted by atomic mass is 35.5. The van der Waals surface area contributed by atoms with Crippen LogP contribution in [0.15, 0.2) is 48.5 Å². The van der Waals surface area contributed by atoms with Gasteiger partial charge in [0.25, 0.3) is 0 Å². The number of benzene rings is 2. The Hall–Kier alpha value is -3.26. The maximum atomic E-state index is 13.7. The van der Waals surface area contributed by atoms with Crippen molar-refractivity contribution in [2.75, 3.05) is 27.3 Å². The number of rotatable bonds is 9. The van der Waals surface area contributed by atoms with Gasteiger partial charge >= 0.3 is 12.1 Å². The molecule has 1 aliphatic heterocycles. The molecule has 34 heavy (non-hydrogen) atoms. The first-order valence-corrected chi connectivity index (χ1v) is 11.4. The third-order valence-electron chi connectivity index (χ3n) is 5.98. The van der Waals surface area contributed by atoms with Crippen molar-refractivity contribution in [1.29, 1.82) is 0 Å². The monoisotopic (exact) mass is 488 g/mol. The molecule has 2 amide bonds. The fourth-order valence-corrected chi connectivity index (χ4v) is 3.97. The number of hydrogen-bond donors (Lipinski definition) is 0. The predicted molar refractivity (Wildman–Crippen MR) is 127 cm³/mol. The lowest BCUT2D eigenvalue weighted by molar-refractivity contribution is -0.151. The van der Waals surface area contributed by atoms with E-state index in [1.165, 1.54) is 19.1 Å². The summed E-state index contributed by atoms with van der Waals surface area (Å²) in [4.78, 5) is 41.3. The van der Waals surface area contributed by atoms with Gasteiger partial charge in [0.1, 0.15) is 5.54 Å². The molecule has 8 nitrogen and oxygen atoms in total.